The molecule has 38 heavy (non-hydrogen) atoms. The number of pyridine rings is 2. The highest BCUT2D eigenvalue weighted by atomic mass is 19.1. The molecule has 8 heteroatoms. The first kappa shape index (κ1) is 25.3. The first-order valence-corrected chi connectivity index (χ1v) is 14.1. The van der Waals surface area contributed by atoms with E-state index in [1.165, 1.54) is 43.3 Å². The van der Waals surface area contributed by atoms with Crippen molar-refractivity contribution >= 4 is 22.4 Å². The summed E-state index contributed by atoms with van der Waals surface area (Å²) in [5.41, 5.74) is 7.30. The molecule has 7 nitrogen and oxygen atoms in total. The summed E-state index contributed by atoms with van der Waals surface area (Å²) in [5, 5.41) is 3.87. The molecule has 6 rings (SSSR count). The predicted octanol–water partition coefficient (Wildman–Crippen LogP) is 4.96. The van der Waals surface area contributed by atoms with Crippen LogP contribution in [-0.4, -0.2) is 67.4 Å². The van der Waals surface area contributed by atoms with Gasteiger partial charge in [0.25, 0.3) is 0 Å². The van der Waals surface area contributed by atoms with Crippen molar-refractivity contribution in [3.8, 4) is 5.88 Å². The van der Waals surface area contributed by atoms with Crippen LogP contribution >= 0.6 is 0 Å². The van der Waals surface area contributed by atoms with Crippen molar-refractivity contribution in [2.75, 3.05) is 56.7 Å². The molecule has 1 aliphatic carbocycles. The predicted molar refractivity (Wildman–Crippen MR) is 149 cm³/mol. The number of halogens is 1. The van der Waals surface area contributed by atoms with Gasteiger partial charge in [-0.25, -0.2) is 9.37 Å². The van der Waals surface area contributed by atoms with Crippen LogP contribution in [0.3, 0.4) is 0 Å². The number of aromatic nitrogens is 2. The van der Waals surface area contributed by atoms with Crippen molar-refractivity contribution in [2.45, 2.75) is 57.6 Å². The molecule has 0 spiro atoms. The summed E-state index contributed by atoms with van der Waals surface area (Å²) in [5.74, 6) is 0.431. The third-order valence-corrected chi connectivity index (χ3v) is 8.24. The number of anilines is 2. The minimum absolute atomic E-state index is 0.182. The number of rotatable bonds is 9. The lowest BCUT2D eigenvalue weighted by Gasteiger charge is -2.35. The van der Waals surface area contributed by atoms with E-state index in [0.29, 0.717) is 25.1 Å². The molecule has 1 aromatic carbocycles. The lowest BCUT2D eigenvalue weighted by atomic mass is 10.0. The number of nitrogens with one attached hydrogen (secondary N) is 1. The highest BCUT2D eigenvalue weighted by molar-refractivity contribution is 5.91. The van der Waals surface area contributed by atoms with Crippen LogP contribution in [0.25, 0.3) is 11.0 Å². The number of aryl methyl sites for hydroxylation is 1. The third-order valence-electron chi connectivity index (χ3n) is 8.24. The molecular weight excluding hydrogens is 481 g/mol. The molecule has 1 N–H and O–H groups in total. The molecule has 0 radical (unpaired) electrons. The molecule has 2 saturated heterocycles. The highest BCUT2D eigenvalue weighted by Gasteiger charge is 2.26. The normalized spacial score (nSPS) is 18.3. The van der Waals surface area contributed by atoms with E-state index in [9.17, 15) is 4.39 Å². The standard InChI is InChI=1S/C30H38FN5O2/c1-37-30-21(20-38-17-16-35-12-2-3-13-35)18-27-29(34-30)28(25-8-5-9-26(25)33-27)32-23-10-14-36(15-11-23)24-7-4-6-22(31)19-24/h4,6-7,18-19,23H,2-3,5,8-17,20H2,1H3,(H,32,33). The van der Waals surface area contributed by atoms with E-state index in [-0.39, 0.29) is 5.82 Å². The topological polar surface area (TPSA) is 62.8 Å². The van der Waals surface area contributed by atoms with Gasteiger partial charge in [-0.05, 0) is 87.9 Å². The summed E-state index contributed by atoms with van der Waals surface area (Å²) >= 11 is 0. The Morgan fingerprint density at radius 3 is 2.66 bits per heavy atom. The molecule has 0 unspecified atom stereocenters. The fourth-order valence-corrected chi connectivity index (χ4v) is 6.18. The van der Waals surface area contributed by atoms with Gasteiger partial charge in [-0.15, -0.1) is 0 Å². The fraction of sp³-hybridized carbons (Fsp3) is 0.533. The number of hydrogen-bond donors (Lipinski definition) is 1. The van der Waals surface area contributed by atoms with Gasteiger partial charge in [-0.2, -0.15) is 0 Å². The van der Waals surface area contributed by atoms with E-state index in [1.807, 2.05) is 6.07 Å². The molecule has 0 atom stereocenters. The average molecular weight is 520 g/mol. The summed E-state index contributed by atoms with van der Waals surface area (Å²) in [6, 6.07) is 9.34. The summed E-state index contributed by atoms with van der Waals surface area (Å²) < 4.78 is 25.5. The lowest BCUT2D eigenvalue weighted by Crippen LogP contribution is -2.39. The number of benzene rings is 1. The number of likely N-dealkylation sites (tertiary alicyclic amines) is 1. The maximum Gasteiger partial charge on any atom is 0.219 e. The van der Waals surface area contributed by atoms with Gasteiger partial charge in [-0.3, -0.25) is 4.98 Å². The van der Waals surface area contributed by atoms with Gasteiger partial charge < -0.3 is 24.6 Å². The quantitative estimate of drug-likeness (QED) is 0.401. The minimum atomic E-state index is -0.182. The number of methoxy groups -OCH3 is 1. The van der Waals surface area contributed by atoms with Crippen LogP contribution in [0.1, 0.15) is 48.9 Å². The zero-order chi connectivity index (χ0) is 25.9. The first-order valence-electron chi connectivity index (χ1n) is 14.1. The van der Waals surface area contributed by atoms with Crippen molar-refractivity contribution in [1.82, 2.24) is 14.9 Å². The second-order valence-electron chi connectivity index (χ2n) is 10.8. The van der Waals surface area contributed by atoms with Gasteiger partial charge in [0.2, 0.25) is 5.88 Å². The van der Waals surface area contributed by atoms with Crippen LogP contribution in [0.4, 0.5) is 15.8 Å². The smallest absolute Gasteiger partial charge is 0.219 e. The van der Waals surface area contributed by atoms with E-state index in [1.54, 1.807) is 19.2 Å². The van der Waals surface area contributed by atoms with E-state index in [2.05, 4.69) is 21.2 Å². The maximum absolute atomic E-state index is 13.7. The summed E-state index contributed by atoms with van der Waals surface area (Å²) in [7, 11) is 1.68. The Balaban J connectivity index is 1.19. The molecule has 4 heterocycles. The second kappa shape index (κ2) is 11.4. The van der Waals surface area contributed by atoms with Crippen molar-refractivity contribution in [2.24, 2.45) is 0 Å². The van der Waals surface area contributed by atoms with Crippen molar-refractivity contribution in [3.05, 3.63) is 53.0 Å². The molecule has 0 amide bonds. The monoisotopic (exact) mass is 519 g/mol. The Hall–Kier alpha value is -2.97. The molecular formula is C30H38FN5O2. The van der Waals surface area contributed by atoms with Crippen LogP contribution < -0.4 is 15.0 Å². The van der Waals surface area contributed by atoms with Crippen molar-refractivity contribution in [1.29, 1.82) is 0 Å². The Morgan fingerprint density at radius 2 is 1.87 bits per heavy atom. The lowest BCUT2D eigenvalue weighted by molar-refractivity contribution is 0.0975. The molecule has 2 aromatic heterocycles. The Bertz CT molecular complexity index is 1270. The van der Waals surface area contributed by atoms with Crippen molar-refractivity contribution in [3.63, 3.8) is 0 Å². The number of ether oxygens (including phenoxy) is 2. The van der Waals surface area contributed by atoms with Gasteiger partial charge in [-0.1, -0.05) is 6.07 Å². The van der Waals surface area contributed by atoms with Crippen LogP contribution in [0.15, 0.2) is 30.3 Å². The van der Waals surface area contributed by atoms with E-state index in [0.717, 1.165) is 79.7 Å². The Labute approximate surface area is 224 Å². The van der Waals surface area contributed by atoms with Crippen LogP contribution in [0.2, 0.25) is 0 Å². The fourth-order valence-electron chi connectivity index (χ4n) is 6.18. The molecule has 0 saturated carbocycles. The molecule has 2 fully saturated rings. The van der Waals surface area contributed by atoms with Crippen LogP contribution in [0, 0.1) is 5.82 Å². The van der Waals surface area contributed by atoms with Gasteiger partial charge >= 0.3 is 0 Å². The number of hydrogen-bond acceptors (Lipinski definition) is 7. The number of fused-ring (bicyclic) bond motifs is 2. The molecule has 2 aliphatic heterocycles. The first-order chi connectivity index (χ1) is 18.7. The highest BCUT2D eigenvalue weighted by Crippen LogP contribution is 2.36. The van der Waals surface area contributed by atoms with Crippen LogP contribution in [0.5, 0.6) is 5.88 Å². The van der Waals surface area contributed by atoms with Gasteiger partial charge in [0.1, 0.15) is 11.3 Å². The molecule has 3 aromatic rings. The van der Waals surface area contributed by atoms with Crippen molar-refractivity contribution < 1.29 is 13.9 Å². The molecule has 202 valence electrons. The number of piperidine rings is 1. The van der Waals surface area contributed by atoms with Gasteiger partial charge in [0, 0.05) is 42.6 Å². The Morgan fingerprint density at radius 1 is 1.03 bits per heavy atom. The second-order valence-corrected chi connectivity index (χ2v) is 10.8. The zero-order valence-corrected chi connectivity index (χ0v) is 22.3. The SMILES string of the molecule is COc1nc2c(NC3CCN(c4cccc(F)c4)CC3)c3c(nc2cc1COCCN1CCCC1)CCC3. The molecule has 0 bridgehead atoms. The van der Waals surface area contributed by atoms with Gasteiger partial charge in [0.15, 0.2) is 0 Å². The summed E-state index contributed by atoms with van der Waals surface area (Å²) in [6.45, 7) is 6.29. The Kier molecular flexibility index (Phi) is 7.60. The van der Waals surface area contributed by atoms with E-state index in [4.69, 9.17) is 19.4 Å². The minimum Gasteiger partial charge on any atom is -0.481 e. The maximum atomic E-state index is 13.7. The third kappa shape index (κ3) is 5.43. The number of nitrogens with zero attached hydrogens (tertiary/aromatic N) is 4. The summed E-state index contributed by atoms with van der Waals surface area (Å²) in [6.07, 6.45) is 7.70. The zero-order valence-electron chi connectivity index (χ0n) is 22.3. The largest absolute Gasteiger partial charge is 0.481 e. The van der Waals surface area contributed by atoms with Gasteiger partial charge in [0.05, 0.1) is 31.5 Å². The molecule has 3 aliphatic rings. The van der Waals surface area contributed by atoms with E-state index < -0.39 is 0 Å². The van der Waals surface area contributed by atoms with Crippen LogP contribution in [-0.2, 0) is 24.2 Å². The van der Waals surface area contributed by atoms with E-state index >= 15 is 0 Å². The summed E-state index contributed by atoms with van der Waals surface area (Å²) in [4.78, 5) is 14.7. The average Bonchev–Trinajstić information content (AvgIpc) is 3.63.